The van der Waals surface area contributed by atoms with E-state index in [1.54, 1.807) is 11.3 Å². The number of hydrogen-bond acceptors (Lipinski definition) is 5. The molecule has 0 aliphatic carbocycles. The van der Waals surface area contributed by atoms with Crippen molar-refractivity contribution < 1.29 is 13.2 Å². The standard InChI is InChI=1S/C18H22ClN3O3S2/c1-27(24,25)22-8-2-3-15(22)18(23)21-9-6-12(7-10-21)17-20-14-11-13(19)4-5-16(14)26-17/h4-5,11-12,15H,2-3,6-10H2,1H3. The number of rotatable bonds is 3. The number of amides is 1. The molecule has 9 heteroatoms. The lowest BCUT2D eigenvalue weighted by atomic mass is 9.97. The predicted molar refractivity (Wildman–Crippen MR) is 108 cm³/mol. The highest BCUT2D eigenvalue weighted by Crippen LogP contribution is 2.35. The minimum absolute atomic E-state index is 0.0487. The summed E-state index contributed by atoms with van der Waals surface area (Å²) in [6.45, 7) is 1.74. The summed E-state index contributed by atoms with van der Waals surface area (Å²) in [5.74, 6) is 0.285. The molecule has 6 nitrogen and oxygen atoms in total. The molecule has 4 rings (SSSR count). The maximum absolute atomic E-state index is 12.9. The first kappa shape index (κ1) is 19.1. The van der Waals surface area contributed by atoms with Gasteiger partial charge < -0.3 is 4.90 Å². The average Bonchev–Trinajstić information content (AvgIpc) is 3.27. The normalized spacial score (nSPS) is 22.6. The first-order valence-electron chi connectivity index (χ1n) is 9.14. The van der Waals surface area contributed by atoms with E-state index < -0.39 is 16.1 Å². The van der Waals surface area contributed by atoms with Crippen LogP contribution in [0, 0.1) is 0 Å². The number of aromatic nitrogens is 1. The van der Waals surface area contributed by atoms with Crippen molar-refractivity contribution in [2.75, 3.05) is 25.9 Å². The zero-order valence-electron chi connectivity index (χ0n) is 15.1. The molecular formula is C18H22ClN3O3S2. The minimum Gasteiger partial charge on any atom is -0.341 e. The Morgan fingerprint density at radius 2 is 1.96 bits per heavy atom. The second kappa shape index (κ2) is 7.31. The highest BCUT2D eigenvalue weighted by atomic mass is 35.5. The summed E-state index contributed by atoms with van der Waals surface area (Å²) >= 11 is 7.74. The number of hydrogen-bond donors (Lipinski definition) is 0. The molecule has 2 aliphatic rings. The summed E-state index contributed by atoms with van der Waals surface area (Å²) in [4.78, 5) is 19.4. The Morgan fingerprint density at radius 1 is 1.22 bits per heavy atom. The Kier molecular flexibility index (Phi) is 5.18. The highest BCUT2D eigenvalue weighted by molar-refractivity contribution is 7.88. The lowest BCUT2D eigenvalue weighted by molar-refractivity contribution is -0.135. The summed E-state index contributed by atoms with van der Waals surface area (Å²) in [7, 11) is -3.34. The average molecular weight is 428 g/mol. The first-order chi connectivity index (χ1) is 12.8. The molecule has 2 fully saturated rings. The number of thiazole rings is 1. The maximum atomic E-state index is 12.9. The molecule has 27 heavy (non-hydrogen) atoms. The summed E-state index contributed by atoms with van der Waals surface area (Å²) in [6, 6.07) is 5.23. The summed E-state index contributed by atoms with van der Waals surface area (Å²) in [6.07, 6.45) is 4.25. The molecular weight excluding hydrogens is 406 g/mol. The maximum Gasteiger partial charge on any atom is 0.241 e. The molecule has 0 N–H and O–H groups in total. The van der Waals surface area contributed by atoms with E-state index in [4.69, 9.17) is 16.6 Å². The van der Waals surface area contributed by atoms with E-state index in [0.29, 0.717) is 37.0 Å². The zero-order valence-corrected chi connectivity index (χ0v) is 17.5. The smallest absolute Gasteiger partial charge is 0.241 e. The van der Waals surface area contributed by atoms with Crippen molar-refractivity contribution in [2.45, 2.75) is 37.6 Å². The van der Waals surface area contributed by atoms with Crippen molar-refractivity contribution in [1.82, 2.24) is 14.2 Å². The van der Waals surface area contributed by atoms with Crippen LogP contribution in [0.2, 0.25) is 5.02 Å². The topological polar surface area (TPSA) is 70.6 Å². The van der Waals surface area contributed by atoms with E-state index in [9.17, 15) is 13.2 Å². The fraction of sp³-hybridized carbons (Fsp3) is 0.556. The van der Waals surface area contributed by atoms with Crippen LogP contribution in [0.4, 0.5) is 0 Å². The van der Waals surface area contributed by atoms with Gasteiger partial charge in [-0.3, -0.25) is 4.79 Å². The van der Waals surface area contributed by atoms with E-state index in [1.807, 2.05) is 23.1 Å². The number of piperidine rings is 1. The third kappa shape index (κ3) is 3.85. The Bertz CT molecular complexity index is 967. The largest absolute Gasteiger partial charge is 0.341 e. The molecule has 3 heterocycles. The van der Waals surface area contributed by atoms with Crippen LogP contribution < -0.4 is 0 Å². The van der Waals surface area contributed by atoms with Crippen molar-refractivity contribution >= 4 is 49.1 Å². The lowest BCUT2D eigenvalue weighted by Gasteiger charge is -2.34. The monoisotopic (exact) mass is 427 g/mol. The van der Waals surface area contributed by atoms with Crippen LogP contribution in [0.25, 0.3) is 10.2 Å². The van der Waals surface area contributed by atoms with Gasteiger partial charge in [0, 0.05) is 30.6 Å². The molecule has 0 bridgehead atoms. The molecule has 1 aromatic carbocycles. The van der Waals surface area contributed by atoms with Gasteiger partial charge in [0.15, 0.2) is 0 Å². The third-order valence-electron chi connectivity index (χ3n) is 5.44. The summed E-state index contributed by atoms with van der Waals surface area (Å²) in [5, 5.41) is 1.78. The predicted octanol–water partition coefficient (Wildman–Crippen LogP) is 3.08. The van der Waals surface area contributed by atoms with Gasteiger partial charge in [0.25, 0.3) is 0 Å². The van der Waals surface area contributed by atoms with Gasteiger partial charge in [-0.15, -0.1) is 11.3 Å². The van der Waals surface area contributed by atoms with Gasteiger partial charge in [-0.2, -0.15) is 4.31 Å². The van der Waals surface area contributed by atoms with Gasteiger partial charge in [-0.1, -0.05) is 11.6 Å². The van der Waals surface area contributed by atoms with Crippen molar-refractivity contribution in [1.29, 1.82) is 0 Å². The van der Waals surface area contributed by atoms with Crippen molar-refractivity contribution in [2.24, 2.45) is 0 Å². The highest BCUT2D eigenvalue weighted by Gasteiger charge is 2.39. The number of likely N-dealkylation sites (tertiary alicyclic amines) is 1. The molecule has 1 atom stereocenters. The molecule has 1 aromatic heterocycles. The van der Waals surface area contributed by atoms with Crippen molar-refractivity contribution in [3.63, 3.8) is 0 Å². The quantitative estimate of drug-likeness (QED) is 0.754. The first-order valence-corrected chi connectivity index (χ1v) is 12.2. The molecule has 0 spiro atoms. The molecule has 146 valence electrons. The fourth-order valence-electron chi connectivity index (χ4n) is 4.03. The van der Waals surface area contributed by atoms with E-state index in [-0.39, 0.29) is 5.91 Å². The van der Waals surface area contributed by atoms with Crippen molar-refractivity contribution in [3.8, 4) is 0 Å². The van der Waals surface area contributed by atoms with Crippen LogP contribution in [0.5, 0.6) is 0 Å². The Labute approximate surface area is 168 Å². The SMILES string of the molecule is CS(=O)(=O)N1CCCC1C(=O)N1CCC(c2nc3cc(Cl)ccc3s2)CC1. The Hall–Kier alpha value is -1.22. The van der Waals surface area contributed by atoms with E-state index in [2.05, 4.69) is 0 Å². The second-order valence-electron chi connectivity index (χ2n) is 7.30. The van der Waals surface area contributed by atoms with Gasteiger partial charge in [-0.25, -0.2) is 13.4 Å². The Balaban J connectivity index is 1.43. The van der Waals surface area contributed by atoms with Gasteiger partial charge in [0.05, 0.1) is 21.5 Å². The van der Waals surface area contributed by atoms with Gasteiger partial charge in [0.2, 0.25) is 15.9 Å². The van der Waals surface area contributed by atoms with Gasteiger partial charge >= 0.3 is 0 Å². The number of sulfonamides is 1. The van der Waals surface area contributed by atoms with Crippen LogP contribution in [0.3, 0.4) is 0 Å². The molecule has 2 aliphatic heterocycles. The number of fused-ring (bicyclic) bond motifs is 1. The molecule has 2 saturated heterocycles. The number of halogens is 1. The van der Waals surface area contributed by atoms with Crippen LogP contribution in [0.15, 0.2) is 18.2 Å². The number of nitrogens with zero attached hydrogens (tertiary/aromatic N) is 3. The van der Waals surface area contributed by atoms with Crippen LogP contribution in [-0.2, 0) is 14.8 Å². The molecule has 2 aromatic rings. The number of benzene rings is 1. The molecule has 1 unspecified atom stereocenters. The fourth-order valence-corrected chi connectivity index (χ4v) is 6.44. The van der Waals surface area contributed by atoms with E-state index >= 15 is 0 Å². The van der Waals surface area contributed by atoms with Gasteiger partial charge in [-0.05, 0) is 43.9 Å². The third-order valence-corrected chi connectivity index (χ3v) is 8.16. The van der Waals surface area contributed by atoms with Crippen molar-refractivity contribution in [3.05, 3.63) is 28.2 Å². The number of carbonyl (C=O) groups is 1. The van der Waals surface area contributed by atoms with Crippen LogP contribution in [0.1, 0.15) is 36.6 Å². The Morgan fingerprint density at radius 3 is 2.67 bits per heavy atom. The summed E-state index contributed by atoms with van der Waals surface area (Å²) in [5.41, 5.74) is 0.927. The molecule has 0 saturated carbocycles. The second-order valence-corrected chi connectivity index (χ2v) is 10.7. The van der Waals surface area contributed by atoms with E-state index in [1.165, 1.54) is 10.6 Å². The molecule has 1 amide bonds. The molecule has 0 radical (unpaired) electrons. The van der Waals surface area contributed by atoms with Gasteiger partial charge in [0.1, 0.15) is 6.04 Å². The minimum atomic E-state index is -3.34. The lowest BCUT2D eigenvalue weighted by Crippen LogP contribution is -2.49. The van der Waals surface area contributed by atoms with Crippen LogP contribution in [-0.4, -0.2) is 60.4 Å². The van der Waals surface area contributed by atoms with E-state index in [0.717, 1.165) is 34.5 Å². The number of carbonyl (C=O) groups excluding carboxylic acids is 1. The zero-order chi connectivity index (χ0) is 19.2. The summed E-state index contributed by atoms with van der Waals surface area (Å²) < 4.78 is 26.3. The van der Waals surface area contributed by atoms with Crippen LogP contribution >= 0.6 is 22.9 Å².